The maximum Gasteiger partial charge on any atom is 0.192 e. The number of aliphatic hydroxyl groups is 1. The molecular formula is C75H110O9Si2. The highest BCUT2D eigenvalue weighted by Gasteiger charge is 2.44. The van der Waals surface area contributed by atoms with E-state index < -0.39 is 28.3 Å². The smallest absolute Gasteiger partial charge is 0.192 e. The Morgan fingerprint density at radius 3 is 1.60 bits per heavy atom. The van der Waals surface area contributed by atoms with Crippen molar-refractivity contribution in [1.29, 1.82) is 0 Å². The van der Waals surface area contributed by atoms with Crippen LogP contribution in [0.5, 0.6) is 11.5 Å². The van der Waals surface area contributed by atoms with E-state index >= 15 is 0 Å². The summed E-state index contributed by atoms with van der Waals surface area (Å²) in [6, 6.07) is 48.0. The van der Waals surface area contributed by atoms with Crippen LogP contribution in [0.2, 0.25) is 36.3 Å². The molecule has 3 unspecified atom stereocenters. The van der Waals surface area contributed by atoms with E-state index in [1.165, 1.54) is 0 Å². The Kier molecular flexibility index (Phi) is 26.4. The molecule has 0 radical (unpaired) electrons. The minimum absolute atomic E-state index is 0.00309. The van der Waals surface area contributed by atoms with Crippen LogP contribution < -0.4 is 9.47 Å². The van der Waals surface area contributed by atoms with Gasteiger partial charge < -0.3 is 42.4 Å². The summed E-state index contributed by atoms with van der Waals surface area (Å²) in [7, 11) is -1.21. The van der Waals surface area contributed by atoms with E-state index in [1.54, 1.807) is 14.2 Å². The molecule has 5 aromatic rings. The molecule has 11 heteroatoms. The normalized spacial score (nSPS) is 19.8. The van der Waals surface area contributed by atoms with Crippen molar-refractivity contribution in [1.82, 2.24) is 0 Å². The Labute approximate surface area is 522 Å². The predicted molar refractivity (Wildman–Crippen MR) is 360 cm³/mol. The van der Waals surface area contributed by atoms with Crippen molar-refractivity contribution >= 4 is 16.6 Å². The van der Waals surface area contributed by atoms with Crippen LogP contribution in [0.25, 0.3) is 0 Å². The van der Waals surface area contributed by atoms with E-state index in [0.29, 0.717) is 45.0 Å². The molecule has 0 aliphatic carbocycles. The second-order valence-electron chi connectivity index (χ2n) is 28.0. The molecule has 1 N–H and O–H groups in total. The predicted octanol–water partition coefficient (Wildman–Crippen LogP) is 18.2. The summed E-state index contributed by atoms with van der Waals surface area (Å²) in [5.41, 5.74) is 4.64. The molecule has 86 heavy (non-hydrogen) atoms. The fourth-order valence-corrected chi connectivity index (χ4v) is 14.3. The molecule has 1 fully saturated rings. The highest BCUT2D eigenvalue weighted by molar-refractivity contribution is 6.74. The molecule has 1 saturated heterocycles. The number of hydrogen-bond donors (Lipinski definition) is 1. The van der Waals surface area contributed by atoms with Crippen molar-refractivity contribution in [2.45, 2.75) is 200 Å². The average Bonchev–Trinajstić information content (AvgIpc) is 1.42. The first kappa shape index (κ1) is 70.4. The zero-order chi connectivity index (χ0) is 62.9. The van der Waals surface area contributed by atoms with Crippen molar-refractivity contribution in [3.8, 4) is 11.5 Å². The monoisotopic (exact) mass is 1210 g/mol. The van der Waals surface area contributed by atoms with Crippen LogP contribution in [0.15, 0.2) is 164 Å². The van der Waals surface area contributed by atoms with Crippen LogP contribution in [0.4, 0.5) is 0 Å². The molecule has 6 rings (SSSR count). The van der Waals surface area contributed by atoms with Gasteiger partial charge >= 0.3 is 0 Å². The van der Waals surface area contributed by atoms with Crippen LogP contribution in [0.3, 0.4) is 0 Å². The van der Waals surface area contributed by atoms with Gasteiger partial charge in [-0.15, -0.1) is 0 Å². The molecular weight excluding hydrogens is 1100 g/mol. The molecule has 0 bridgehead atoms. The largest absolute Gasteiger partial charge is 0.497 e. The topological polar surface area (TPSA) is 94.1 Å². The average molecular weight is 1210 g/mol. The molecule has 1 aliphatic heterocycles. The van der Waals surface area contributed by atoms with E-state index in [2.05, 4.69) is 249 Å². The maximum absolute atomic E-state index is 11.8. The van der Waals surface area contributed by atoms with Gasteiger partial charge in [-0.25, -0.2) is 0 Å². The van der Waals surface area contributed by atoms with Crippen molar-refractivity contribution < 1.29 is 42.4 Å². The number of ether oxygens (including phenoxy) is 6. The number of methoxy groups -OCH3 is 2. The Hall–Kier alpha value is -4.67. The summed E-state index contributed by atoms with van der Waals surface area (Å²) in [6.07, 6.45) is 11.7. The fourth-order valence-electron chi connectivity index (χ4n) is 11.6. The van der Waals surface area contributed by atoms with E-state index in [-0.39, 0.29) is 70.4 Å². The third-order valence-electron chi connectivity index (χ3n) is 19.1. The highest BCUT2D eigenvalue weighted by atomic mass is 28.4. The van der Waals surface area contributed by atoms with Crippen molar-refractivity contribution in [2.24, 2.45) is 35.5 Å². The first-order valence-electron chi connectivity index (χ1n) is 32.0. The molecule has 1 aliphatic rings. The number of benzene rings is 5. The van der Waals surface area contributed by atoms with Crippen LogP contribution in [0.1, 0.15) is 137 Å². The second kappa shape index (κ2) is 32.2. The molecule has 5 aromatic carbocycles. The lowest BCUT2D eigenvalue weighted by Crippen LogP contribution is -2.48. The lowest BCUT2D eigenvalue weighted by molar-refractivity contribution is -0.250. The van der Waals surface area contributed by atoms with E-state index in [4.69, 9.17) is 37.3 Å². The summed E-state index contributed by atoms with van der Waals surface area (Å²) in [6.45, 7) is 38.4. The Morgan fingerprint density at radius 1 is 0.605 bits per heavy atom. The molecule has 0 saturated carbocycles. The summed E-state index contributed by atoms with van der Waals surface area (Å²) in [5.74, 6) is 2.42. The minimum atomic E-state index is -2.30. The number of hydrogen-bond acceptors (Lipinski definition) is 9. The molecule has 472 valence electrons. The quantitative estimate of drug-likeness (QED) is 0.0257. The SMILES string of the molecule is COc1ccc(CO[C@@H]([C@@H](C)C=C[C@H](C[C@H](O[Si](C)(C)C(C)(C)C)[C@H](C)C=CCOC(c2ccccc2)(c2ccccc2)c2ccccc2)O[Si](C)(C)C(C)(C)C)[C@@H](C)C[C@@H](C)CC[C@H](O)C(C)C2OC(Cc3ccc(OC)cc3)OC[C@@H]2C)cc1. The molecule has 9 nitrogen and oxygen atoms in total. The van der Waals surface area contributed by atoms with Gasteiger partial charge in [0.2, 0.25) is 0 Å². The fraction of sp³-hybridized carbons (Fsp3) is 0.547. The van der Waals surface area contributed by atoms with Gasteiger partial charge in [-0.05, 0) is 125 Å². The van der Waals surface area contributed by atoms with Crippen molar-refractivity contribution in [3.63, 3.8) is 0 Å². The van der Waals surface area contributed by atoms with Gasteiger partial charge in [-0.2, -0.15) is 0 Å². The third kappa shape index (κ3) is 19.7. The maximum atomic E-state index is 11.8. The zero-order valence-electron chi connectivity index (χ0n) is 55.9. The zero-order valence-corrected chi connectivity index (χ0v) is 57.9. The van der Waals surface area contributed by atoms with Gasteiger partial charge in [0.25, 0.3) is 0 Å². The van der Waals surface area contributed by atoms with Crippen molar-refractivity contribution in [2.75, 3.05) is 27.4 Å². The second-order valence-corrected chi connectivity index (χ2v) is 37.5. The summed E-state index contributed by atoms with van der Waals surface area (Å²) < 4.78 is 53.0. The lowest BCUT2D eigenvalue weighted by Gasteiger charge is -2.43. The van der Waals surface area contributed by atoms with E-state index in [0.717, 1.165) is 52.2 Å². The molecule has 0 spiro atoms. The molecule has 0 amide bonds. The van der Waals surface area contributed by atoms with Crippen molar-refractivity contribution in [3.05, 3.63) is 192 Å². The van der Waals surface area contributed by atoms with Crippen LogP contribution in [0, 0.1) is 35.5 Å². The Balaban J connectivity index is 1.23. The van der Waals surface area contributed by atoms with Gasteiger partial charge in [0.05, 0.1) is 64.6 Å². The summed E-state index contributed by atoms with van der Waals surface area (Å²) in [5, 5.41) is 11.8. The number of aliphatic hydroxyl groups excluding tert-OH is 1. The first-order chi connectivity index (χ1) is 40.7. The number of rotatable bonds is 32. The van der Waals surface area contributed by atoms with Crippen LogP contribution >= 0.6 is 0 Å². The van der Waals surface area contributed by atoms with Crippen LogP contribution in [-0.4, -0.2) is 86.0 Å². The van der Waals surface area contributed by atoms with Gasteiger partial charge in [-0.1, -0.05) is 223 Å². The Bertz CT molecular complexity index is 2680. The minimum Gasteiger partial charge on any atom is -0.497 e. The van der Waals surface area contributed by atoms with E-state index in [9.17, 15) is 5.11 Å². The first-order valence-corrected chi connectivity index (χ1v) is 37.8. The Morgan fingerprint density at radius 2 is 1.10 bits per heavy atom. The van der Waals surface area contributed by atoms with Crippen LogP contribution in [-0.2, 0) is 46.4 Å². The highest BCUT2D eigenvalue weighted by Crippen LogP contribution is 2.43. The standard InChI is InChI=1S/C75H110O9Si2/c1-54(36-47-68(76)59(6)72-58(5)52-79-70(82-72)50-60-38-43-65(77-13)44-39-60)49-57(4)71(80-53-61-40-45-66(78-14)46-41-61)56(3)37-42-67(83-85(15,16)73(7,8)9)51-69(84-86(17,18)74(10,11)12)55(2)29-28-48-81-75(62-30-22-19-23-31-62,63-32-24-20-25-33-63)64-34-26-21-27-35-64/h19-35,37-46,54-59,67-72,76H,36,47-53H2,1-18H3/t54-,55+,56-,57-,58-,59?,67+,68-,69-,70?,71-,72?/m0/s1. The summed E-state index contributed by atoms with van der Waals surface area (Å²) >= 11 is 0. The van der Waals surface area contributed by atoms with Gasteiger partial charge in [0, 0.05) is 30.6 Å². The van der Waals surface area contributed by atoms with Gasteiger partial charge in [0.15, 0.2) is 22.9 Å². The van der Waals surface area contributed by atoms with Gasteiger partial charge in [-0.3, -0.25) is 0 Å². The third-order valence-corrected chi connectivity index (χ3v) is 28.1. The molecule has 12 atom stereocenters. The lowest BCUT2D eigenvalue weighted by atomic mass is 9.80. The van der Waals surface area contributed by atoms with Gasteiger partial charge in [0.1, 0.15) is 17.1 Å². The molecule has 1 heterocycles. The van der Waals surface area contributed by atoms with E-state index in [1.807, 2.05) is 24.3 Å². The summed E-state index contributed by atoms with van der Waals surface area (Å²) in [4.78, 5) is 0. The molecule has 0 aromatic heterocycles.